The molecule has 7 heteroatoms. The summed E-state index contributed by atoms with van der Waals surface area (Å²) in [5, 5.41) is 8.48. The number of ether oxygens (including phenoxy) is 1. The largest absolute Gasteiger partial charge is 0.497 e. The van der Waals surface area contributed by atoms with Gasteiger partial charge in [-0.05, 0) is 61.6 Å². The van der Waals surface area contributed by atoms with Crippen LogP contribution >= 0.6 is 0 Å². The average molecular weight is 449 g/mol. The molecule has 1 N–H and O–H groups in total. The Labute approximate surface area is 194 Å². The lowest BCUT2D eigenvalue weighted by Gasteiger charge is -2.34. The van der Waals surface area contributed by atoms with E-state index < -0.39 is 0 Å². The fourth-order valence-electron chi connectivity index (χ4n) is 4.82. The van der Waals surface area contributed by atoms with E-state index in [-0.39, 0.29) is 17.2 Å². The van der Waals surface area contributed by atoms with Crippen molar-refractivity contribution in [3.8, 4) is 11.4 Å². The van der Waals surface area contributed by atoms with E-state index in [0.717, 1.165) is 37.9 Å². The Kier molecular flexibility index (Phi) is 7.08. The molecule has 1 aliphatic heterocycles. The lowest BCUT2D eigenvalue weighted by Crippen LogP contribution is -2.40. The van der Waals surface area contributed by atoms with E-state index in [4.69, 9.17) is 4.74 Å². The SMILES string of the molecule is COc1ccc(-n2nc(C(=O)NCCCN3C[C@H](C)C[C@H](C)C3)c3ccccc3c2=O)cc1. The normalized spacial score (nSPS) is 18.9. The smallest absolute Gasteiger partial charge is 0.279 e. The Morgan fingerprint density at radius 1 is 1.06 bits per heavy atom. The molecule has 1 amide bonds. The van der Waals surface area contributed by atoms with E-state index in [1.807, 2.05) is 6.07 Å². The third kappa shape index (κ3) is 5.25. The molecule has 3 aromatic rings. The van der Waals surface area contributed by atoms with Crippen molar-refractivity contribution in [1.82, 2.24) is 20.0 Å². The molecule has 1 aromatic heterocycles. The molecule has 0 bridgehead atoms. The van der Waals surface area contributed by atoms with Crippen molar-refractivity contribution in [2.45, 2.75) is 26.7 Å². The molecule has 1 saturated heterocycles. The number of hydrogen-bond acceptors (Lipinski definition) is 5. The molecule has 33 heavy (non-hydrogen) atoms. The first-order valence-electron chi connectivity index (χ1n) is 11.6. The summed E-state index contributed by atoms with van der Waals surface area (Å²) in [4.78, 5) is 28.7. The highest BCUT2D eigenvalue weighted by Gasteiger charge is 2.21. The van der Waals surface area contributed by atoms with E-state index in [1.165, 1.54) is 11.1 Å². The summed E-state index contributed by atoms with van der Waals surface area (Å²) in [5.74, 6) is 1.85. The number of piperidine rings is 1. The van der Waals surface area contributed by atoms with Gasteiger partial charge in [0.25, 0.3) is 11.5 Å². The van der Waals surface area contributed by atoms with Crippen molar-refractivity contribution < 1.29 is 9.53 Å². The van der Waals surface area contributed by atoms with Gasteiger partial charge in [-0.3, -0.25) is 9.59 Å². The van der Waals surface area contributed by atoms with Crippen molar-refractivity contribution in [2.24, 2.45) is 11.8 Å². The van der Waals surface area contributed by atoms with Crippen molar-refractivity contribution in [3.05, 3.63) is 64.6 Å². The van der Waals surface area contributed by atoms with E-state index >= 15 is 0 Å². The fraction of sp³-hybridized carbons (Fsp3) is 0.423. The number of carbonyl (C=O) groups excluding carboxylic acids is 1. The molecule has 0 spiro atoms. The molecule has 2 aromatic carbocycles. The third-order valence-corrected chi connectivity index (χ3v) is 6.22. The molecule has 2 heterocycles. The quantitative estimate of drug-likeness (QED) is 0.560. The first-order chi connectivity index (χ1) is 16.0. The molecular formula is C26H32N4O3. The minimum atomic E-state index is -0.270. The number of rotatable bonds is 7. The van der Waals surface area contributed by atoms with Gasteiger partial charge in [-0.1, -0.05) is 32.0 Å². The number of hydrogen-bond donors (Lipinski definition) is 1. The van der Waals surface area contributed by atoms with Crippen LogP contribution in [0, 0.1) is 11.8 Å². The number of benzene rings is 2. The number of aromatic nitrogens is 2. The number of likely N-dealkylation sites (tertiary alicyclic amines) is 1. The first-order valence-corrected chi connectivity index (χ1v) is 11.6. The second-order valence-corrected chi connectivity index (χ2v) is 9.12. The van der Waals surface area contributed by atoms with Crippen LogP contribution in [0.1, 0.15) is 37.2 Å². The monoisotopic (exact) mass is 448 g/mol. The zero-order valence-corrected chi connectivity index (χ0v) is 19.6. The van der Waals surface area contributed by atoms with E-state index in [0.29, 0.717) is 28.8 Å². The number of methoxy groups -OCH3 is 1. The standard InChI is InChI=1S/C26H32N4O3/c1-18-15-19(2)17-29(16-18)14-6-13-27-25(31)24-22-7-4-5-8-23(22)26(32)30(28-24)20-9-11-21(33-3)12-10-20/h4-5,7-12,18-19H,6,13-17H2,1-3H3,(H,27,31)/t18-,19+. The van der Waals surface area contributed by atoms with Crippen LogP contribution in [0.3, 0.4) is 0 Å². The zero-order chi connectivity index (χ0) is 23.4. The van der Waals surface area contributed by atoms with Crippen molar-refractivity contribution >= 4 is 16.7 Å². The van der Waals surface area contributed by atoms with Gasteiger partial charge in [0, 0.05) is 25.0 Å². The van der Waals surface area contributed by atoms with Gasteiger partial charge < -0.3 is 15.0 Å². The van der Waals surface area contributed by atoms with E-state index in [9.17, 15) is 9.59 Å². The lowest BCUT2D eigenvalue weighted by atomic mass is 9.92. The van der Waals surface area contributed by atoms with Gasteiger partial charge in [0.1, 0.15) is 5.75 Å². The third-order valence-electron chi connectivity index (χ3n) is 6.22. The minimum Gasteiger partial charge on any atom is -0.497 e. The molecule has 0 radical (unpaired) electrons. The second-order valence-electron chi connectivity index (χ2n) is 9.12. The summed E-state index contributed by atoms with van der Waals surface area (Å²) < 4.78 is 6.49. The van der Waals surface area contributed by atoms with Crippen molar-refractivity contribution in [3.63, 3.8) is 0 Å². The Balaban J connectivity index is 1.52. The number of nitrogens with one attached hydrogen (secondary N) is 1. The number of fused-ring (bicyclic) bond motifs is 1. The Morgan fingerprint density at radius 2 is 1.73 bits per heavy atom. The van der Waals surface area contributed by atoms with E-state index in [1.54, 1.807) is 49.6 Å². The molecule has 2 atom stereocenters. The zero-order valence-electron chi connectivity index (χ0n) is 19.6. The van der Waals surface area contributed by atoms with Gasteiger partial charge in [0.15, 0.2) is 5.69 Å². The highest BCUT2D eigenvalue weighted by atomic mass is 16.5. The van der Waals surface area contributed by atoms with Crippen LogP contribution in [0.15, 0.2) is 53.3 Å². The molecule has 0 saturated carbocycles. The maximum Gasteiger partial charge on any atom is 0.279 e. The van der Waals surface area contributed by atoms with Crippen LogP contribution in [0.5, 0.6) is 5.75 Å². The molecule has 0 aliphatic carbocycles. The Bertz CT molecular complexity index is 1160. The molecular weight excluding hydrogens is 416 g/mol. The summed E-state index contributed by atoms with van der Waals surface area (Å²) in [6.45, 7) is 8.39. The second kappa shape index (κ2) is 10.2. The van der Waals surface area contributed by atoms with Crippen LogP contribution < -0.4 is 15.6 Å². The van der Waals surface area contributed by atoms with Gasteiger partial charge in [-0.15, -0.1) is 0 Å². The number of carbonyl (C=O) groups is 1. The predicted molar refractivity (Wildman–Crippen MR) is 130 cm³/mol. The predicted octanol–water partition coefficient (Wildman–Crippen LogP) is 3.49. The molecule has 4 rings (SSSR count). The molecule has 1 fully saturated rings. The average Bonchev–Trinajstić information content (AvgIpc) is 2.82. The van der Waals surface area contributed by atoms with Crippen LogP contribution in [-0.4, -0.2) is 53.9 Å². The fourth-order valence-corrected chi connectivity index (χ4v) is 4.82. The molecule has 174 valence electrons. The van der Waals surface area contributed by atoms with Gasteiger partial charge >= 0.3 is 0 Å². The minimum absolute atomic E-state index is 0.251. The van der Waals surface area contributed by atoms with Crippen LogP contribution in [0.25, 0.3) is 16.5 Å². The maximum absolute atomic E-state index is 13.1. The highest BCUT2D eigenvalue weighted by molar-refractivity contribution is 6.04. The summed E-state index contributed by atoms with van der Waals surface area (Å²) >= 11 is 0. The van der Waals surface area contributed by atoms with Crippen molar-refractivity contribution in [2.75, 3.05) is 33.3 Å². The Hall–Kier alpha value is -3.19. The number of nitrogens with zero attached hydrogens (tertiary/aromatic N) is 3. The van der Waals surface area contributed by atoms with Crippen LogP contribution in [0.4, 0.5) is 0 Å². The Morgan fingerprint density at radius 3 is 2.39 bits per heavy atom. The first kappa shape index (κ1) is 23.0. The summed E-state index contributed by atoms with van der Waals surface area (Å²) in [7, 11) is 1.59. The van der Waals surface area contributed by atoms with Gasteiger partial charge in [-0.25, -0.2) is 0 Å². The maximum atomic E-state index is 13.1. The lowest BCUT2D eigenvalue weighted by molar-refractivity contribution is 0.0942. The molecule has 0 unspecified atom stereocenters. The summed E-state index contributed by atoms with van der Waals surface area (Å²) in [6.07, 6.45) is 2.16. The van der Waals surface area contributed by atoms with Crippen LogP contribution in [-0.2, 0) is 0 Å². The van der Waals surface area contributed by atoms with Gasteiger partial charge in [0.2, 0.25) is 0 Å². The molecule has 7 nitrogen and oxygen atoms in total. The van der Waals surface area contributed by atoms with Crippen molar-refractivity contribution in [1.29, 1.82) is 0 Å². The van der Waals surface area contributed by atoms with E-state index in [2.05, 4.69) is 29.2 Å². The van der Waals surface area contributed by atoms with Gasteiger partial charge in [0.05, 0.1) is 18.2 Å². The van der Waals surface area contributed by atoms with Crippen LogP contribution in [0.2, 0.25) is 0 Å². The molecule has 1 aliphatic rings. The summed E-state index contributed by atoms with van der Waals surface area (Å²) in [5.41, 5.74) is 0.566. The van der Waals surface area contributed by atoms with Gasteiger partial charge in [-0.2, -0.15) is 9.78 Å². The highest BCUT2D eigenvalue weighted by Crippen LogP contribution is 2.21. The topological polar surface area (TPSA) is 76.5 Å². The summed E-state index contributed by atoms with van der Waals surface area (Å²) in [6, 6.07) is 14.2. The number of amides is 1.